The summed E-state index contributed by atoms with van der Waals surface area (Å²) in [5.41, 5.74) is 16.7. The van der Waals surface area contributed by atoms with Crippen molar-refractivity contribution in [2.24, 2.45) is 5.73 Å². The summed E-state index contributed by atoms with van der Waals surface area (Å²) in [4.78, 5) is 18.0. The number of carbonyl (C=O) groups excluding carboxylic acids is 1. The van der Waals surface area contributed by atoms with Gasteiger partial charge < -0.3 is 17.2 Å². The smallest absolute Gasteiger partial charge is 0.253 e. The van der Waals surface area contributed by atoms with E-state index in [0.29, 0.717) is 10.8 Å². The van der Waals surface area contributed by atoms with Gasteiger partial charge in [-0.3, -0.25) is 4.79 Å². The molecule has 2 rings (SSSR count). The predicted molar refractivity (Wildman–Crippen MR) is 75.8 cm³/mol. The molecule has 2 heterocycles. The molecule has 0 aliphatic rings. The van der Waals surface area contributed by atoms with Crippen LogP contribution in [0.15, 0.2) is 30.6 Å². The number of halogens is 2. The average molecular weight is 300 g/mol. The SMILES string of the molecule is NC(=O)c1c(N)ccnc1Cl.Nc1ccnc(Cl)c1. The van der Waals surface area contributed by atoms with Crippen molar-refractivity contribution >= 4 is 40.5 Å². The highest BCUT2D eigenvalue weighted by Crippen LogP contribution is 2.17. The molecule has 0 radical (unpaired) electrons. The van der Waals surface area contributed by atoms with Crippen LogP contribution in [0.2, 0.25) is 10.3 Å². The number of pyridine rings is 2. The number of aromatic nitrogens is 2. The molecule has 0 atom stereocenters. The van der Waals surface area contributed by atoms with Gasteiger partial charge in [0.15, 0.2) is 0 Å². The quantitative estimate of drug-likeness (QED) is 0.692. The maximum atomic E-state index is 10.7. The van der Waals surface area contributed by atoms with Crippen molar-refractivity contribution < 1.29 is 4.79 Å². The van der Waals surface area contributed by atoms with Gasteiger partial charge in [-0.1, -0.05) is 23.2 Å². The number of nitrogens with two attached hydrogens (primary N) is 3. The van der Waals surface area contributed by atoms with Gasteiger partial charge in [0, 0.05) is 23.8 Å². The standard InChI is InChI=1S/C6H6ClN3O.C5H5ClN2/c7-5-4(6(9)11)3(8)1-2-10-5;6-5-3-4(7)1-2-8-5/h1-2H,(H2,8,10)(H2,9,11);1-3H,(H2,7,8). The lowest BCUT2D eigenvalue weighted by Crippen LogP contribution is -2.14. The third-order valence-corrected chi connectivity index (χ3v) is 2.43. The van der Waals surface area contributed by atoms with Crippen LogP contribution in [0.4, 0.5) is 11.4 Å². The van der Waals surface area contributed by atoms with E-state index in [4.69, 9.17) is 40.4 Å². The van der Waals surface area contributed by atoms with Crippen LogP contribution in [0.25, 0.3) is 0 Å². The van der Waals surface area contributed by atoms with Crippen molar-refractivity contribution in [3.63, 3.8) is 0 Å². The van der Waals surface area contributed by atoms with Crippen LogP contribution in [-0.2, 0) is 0 Å². The Labute approximate surface area is 119 Å². The Morgan fingerprint density at radius 1 is 1.11 bits per heavy atom. The first kappa shape index (κ1) is 15.0. The summed E-state index contributed by atoms with van der Waals surface area (Å²) >= 11 is 11.0. The van der Waals surface area contributed by atoms with E-state index < -0.39 is 5.91 Å². The Morgan fingerprint density at radius 2 is 1.74 bits per heavy atom. The molecule has 8 heteroatoms. The molecule has 0 saturated heterocycles. The molecule has 0 unspecified atom stereocenters. The van der Waals surface area contributed by atoms with Gasteiger partial charge in [0.2, 0.25) is 0 Å². The highest BCUT2D eigenvalue weighted by atomic mass is 35.5. The summed E-state index contributed by atoms with van der Waals surface area (Å²) in [5.74, 6) is -0.666. The minimum absolute atomic E-state index is 0.0394. The highest BCUT2D eigenvalue weighted by Gasteiger charge is 2.10. The molecule has 0 fully saturated rings. The average Bonchev–Trinajstić information content (AvgIpc) is 2.28. The zero-order chi connectivity index (χ0) is 14.4. The van der Waals surface area contributed by atoms with Gasteiger partial charge in [0.05, 0.1) is 5.56 Å². The minimum Gasteiger partial charge on any atom is -0.399 e. The minimum atomic E-state index is -0.666. The van der Waals surface area contributed by atoms with Gasteiger partial charge in [0.1, 0.15) is 10.3 Å². The summed E-state index contributed by atoms with van der Waals surface area (Å²) < 4.78 is 0. The molecule has 0 bridgehead atoms. The van der Waals surface area contributed by atoms with Crippen LogP contribution in [0.1, 0.15) is 10.4 Å². The second-order valence-electron chi connectivity index (χ2n) is 3.34. The zero-order valence-electron chi connectivity index (χ0n) is 9.68. The van der Waals surface area contributed by atoms with E-state index in [9.17, 15) is 4.79 Å². The monoisotopic (exact) mass is 299 g/mol. The molecule has 2 aromatic heterocycles. The molecule has 0 aromatic carbocycles. The fourth-order valence-corrected chi connectivity index (χ4v) is 1.55. The van der Waals surface area contributed by atoms with Crippen LogP contribution < -0.4 is 17.2 Å². The van der Waals surface area contributed by atoms with Crippen LogP contribution in [0.5, 0.6) is 0 Å². The van der Waals surface area contributed by atoms with Crippen LogP contribution >= 0.6 is 23.2 Å². The first-order chi connectivity index (χ1) is 8.91. The van der Waals surface area contributed by atoms with Crippen LogP contribution in [0.3, 0.4) is 0 Å². The Bertz CT molecular complexity index is 554. The predicted octanol–water partition coefficient (Wildman–Crippen LogP) is 1.73. The van der Waals surface area contributed by atoms with Gasteiger partial charge in [-0.15, -0.1) is 0 Å². The third-order valence-electron chi connectivity index (χ3n) is 1.93. The topological polar surface area (TPSA) is 121 Å². The van der Waals surface area contributed by atoms with E-state index in [1.165, 1.54) is 12.3 Å². The molecular formula is C11H11Cl2N5O. The summed E-state index contributed by atoms with van der Waals surface area (Å²) in [7, 11) is 0. The summed E-state index contributed by atoms with van der Waals surface area (Å²) in [6.07, 6.45) is 2.97. The largest absolute Gasteiger partial charge is 0.399 e. The van der Waals surface area contributed by atoms with Gasteiger partial charge in [-0.05, 0) is 18.2 Å². The van der Waals surface area contributed by atoms with Crippen molar-refractivity contribution in [3.8, 4) is 0 Å². The van der Waals surface area contributed by atoms with Crippen molar-refractivity contribution in [3.05, 3.63) is 46.5 Å². The molecule has 100 valence electrons. The maximum Gasteiger partial charge on any atom is 0.253 e. The van der Waals surface area contributed by atoms with Crippen molar-refractivity contribution in [2.45, 2.75) is 0 Å². The summed E-state index contributed by atoms with van der Waals surface area (Å²) in [6, 6.07) is 4.75. The summed E-state index contributed by atoms with van der Waals surface area (Å²) in [5, 5.41) is 0.475. The lowest BCUT2D eigenvalue weighted by atomic mass is 10.2. The molecule has 1 amide bonds. The lowest BCUT2D eigenvalue weighted by molar-refractivity contribution is 0.100. The summed E-state index contributed by atoms with van der Waals surface area (Å²) in [6.45, 7) is 0. The van der Waals surface area contributed by atoms with E-state index in [-0.39, 0.29) is 16.4 Å². The van der Waals surface area contributed by atoms with Gasteiger partial charge in [-0.2, -0.15) is 0 Å². The van der Waals surface area contributed by atoms with Crippen LogP contribution in [0, 0.1) is 0 Å². The Hall–Kier alpha value is -2.05. The number of hydrogen-bond acceptors (Lipinski definition) is 5. The number of carbonyl (C=O) groups is 1. The van der Waals surface area contributed by atoms with E-state index in [1.807, 2.05) is 0 Å². The number of nitrogens with zero attached hydrogens (tertiary/aromatic N) is 2. The van der Waals surface area contributed by atoms with E-state index in [1.54, 1.807) is 18.3 Å². The fraction of sp³-hybridized carbons (Fsp3) is 0. The van der Waals surface area contributed by atoms with Crippen molar-refractivity contribution in [1.29, 1.82) is 0 Å². The molecule has 0 aliphatic carbocycles. The molecule has 6 nitrogen and oxygen atoms in total. The molecular weight excluding hydrogens is 289 g/mol. The van der Waals surface area contributed by atoms with E-state index in [2.05, 4.69) is 9.97 Å². The Morgan fingerprint density at radius 3 is 2.11 bits per heavy atom. The van der Waals surface area contributed by atoms with E-state index in [0.717, 1.165) is 0 Å². The first-order valence-corrected chi connectivity index (χ1v) is 5.74. The normalized spacial score (nSPS) is 9.37. The zero-order valence-corrected chi connectivity index (χ0v) is 11.2. The molecule has 19 heavy (non-hydrogen) atoms. The third kappa shape index (κ3) is 4.61. The number of hydrogen-bond donors (Lipinski definition) is 3. The van der Waals surface area contributed by atoms with Crippen molar-refractivity contribution in [2.75, 3.05) is 11.5 Å². The molecule has 0 saturated carbocycles. The van der Waals surface area contributed by atoms with Crippen LogP contribution in [-0.4, -0.2) is 15.9 Å². The molecule has 0 spiro atoms. The highest BCUT2D eigenvalue weighted by molar-refractivity contribution is 6.33. The number of rotatable bonds is 1. The molecule has 6 N–H and O–H groups in total. The number of anilines is 2. The van der Waals surface area contributed by atoms with E-state index >= 15 is 0 Å². The lowest BCUT2D eigenvalue weighted by Gasteiger charge is -2.00. The second-order valence-corrected chi connectivity index (χ2v) is 4.09. The Kier molecular flexibility index (Phi) is 5.35. The molecule has 2 aromatic rings. The number of amides is 1. The number of nitrogen functional groups attached to an aromatic ring is 2. The van der Waals surface area contributed by atoms with Crippen molar-refractivity contribution in [1.82, 2.24) is 9.97 Å². The first-order valence-electron chi connectivity index (χ1n) is 4.98. The molecule has 0 aliphatic heterocycles. The van der Waals surface area contributed by atoms with Gasteiger partial charge >= 0.3 is 0 Å². The maximum absolute atomic E-state index is 10.7. The Balaban J connectivity index is 0.000000200. The second kappa shape index (κ2) is 6.77. The van der Waals surface area contributed by atoms with Gasteiger partial charge in [-0.25, -0.2) is 9.97 Å². The fourth-order valence-electron chi connectivity index (χ4n) is 1.11. The van der Waals surface area contributed by atoms with Gasteiger partial charge in [0.25, 0.3) is 5.91 Å². The number of primary amides is 1.